The predicted octanol–water partition coefficient (Wildman–Crippen LogP) is 2.41. The molecule has 1 unspecified atom stereocenters. The van der Waals surface area contributed by atoms with Crippen molar-refractivity contribution in [3.8, 4) is 0 Å². The highest BCUT2D eigenvalue weighted by Gasteiger charge is 2.41. The fraction of sp³-hybridized carbons (Fsp3) is 0.462. The molecule has 0 aromatic heterocycles. The van der Waals surface area contributed by atoms with Gasteiger partial charge in [-0.25, -0.2) is 0 Å². The Balaban J connectivity index is 2.48. The van der Waals surface area contributed by atoms with E-state index in [0.717, 1.165) is 24.1 Å². The van der Waals surface area contributed by atoms with E-state index in [9.17, 15) is 9.90 Å². The molecule has 0 radical (unpaired) electrons. The van der Waals surface area contributed by atoms with Crippen LogP contribution in [-0.2, 0) is 11.2 Å². The van der Waals surface area contributed by atoms with Gasteiger partial charge in [-0.1, -0.05) is 12.1 Å². The fourth-order valence-electron chi connectivity index (χ4n) is 2.59. The Bertz CT molecular complexity index is 438. The van der Waals surface area contributed by atoms with Crippen LogP contribution < -0.4 is 5.73 Å². The van der Waals surface area contributed by atoms with Gasteiger partial charge in [-0.05, 0) is 43.9 Å². The van der Waals surface area contributed by atoms with Gasteiger partial charge in [0.25, 0.3) is 0 Å². The first-order chi connectivity index (χ1) is 7.44. The number of benzene rings is 1. The van der Waals surface area contributed by atoms with E-state index >= 15 is 0 Å². The zero-order valence-corrected chi connectivity index (χ0v) is 9.66. The topological polar surface area (TPSA) is 63.3 Å². The van der Waals surface area contributed by atoms with Gasteiger partial charge < -0.3 is 10.8 Å². The second-order valence-electron chi connectivity index (χ2n) is 5.04. The van der Waals surface area contributed by atoms with E-state index in [2.05, 4.69) is 0 Å². The molecule has 1 atom stereocenters. The zero-order valence-electron chi connectivity index (χ0n) is 9.66. The molecule has 0 amide bonds. The van der Waals surface area contributed by atoms with Gasteiger partial charge in [-0.15, -0.1) is 0 Å². The number of nitrogens with two attached hydrogens (primary N) is 1. The number of aryl methyl sites for hydroxylation is 1. The van der Waals surface area contributed by atoms with Crippen molar-refractivity contribution in [3.63, 3.8) is 0 Å². The molecule has 0 fully saturated rings. The van der Waals surface area contributed by atoms with Crippen molar-refractivity contribution in [2.75, 3.05) is 5.73 Å². The van der Waals surface area contributed by atoms with Crippen LogP contribution in [0.25, 0.3) is 0 Å². The molecule has 0 bridgehead atoms. The lowest BCUT2D eigenvalue weighted by Crippen LogP contribution is -2.30. The van der Waals surface area contributed by atoms with Gasteiger partial charge in [0.05, 0.1) is 5.41 Å². The number of carbonyl (C=O) groups is 1. The van der Waals surface area contributed by atoms with Crippen LogP contribution >= 0.6 is 0 Å². The fourth-order valence-corrected chi connectivity index (χ4v) is 2.59. The van der Waals surface area contributed by atoms with Crippen LogP contribution in [0.15, 0.2) is 18.2 Å². The lowest BCUT2D eigenvalue weighted by atomic mass is 9.75. The van der Waals surface area contributed by atoms with Gasteiger partial charge in [-0.3, -0.25) is 4.79 Å². The summed E-state index contributed by atoms with van der Waals surface area (Å²) in [6, 6.07) is 5.84. The van der Waals surface area contributed by atoms with Crippen molar-refractivity contribution in [1.82, 2.24) is 0 Å². The Morgan fingerprint density at radius 2 is 2.19 bits per heavy atom. The van der Waals surface area contributed by atoms with Crippen LogP contribution in [0.2, 0.25) is 0 Å². The van der Waals surface area contributed by atoms with Gasteiger partial charge in [0.15, 0.2) is 0 Å². The van der Waals surface area contributed by atoms with Crippen molar-refractivity contribution in [2.45, 2.75) is 32.6 Å². The van der Waals surface area contributed by atoms with Crippen LogP contribution in [0.3, 0.4) is 0 Å². The van der Waals surface area contributed by atoms with Crippen molar-refractivity contribution in [2.24, 2.45) is 5.41 Å². The molecule has 86 valence electrons. The minimum atomic E-state index is -0.756. The van der Waals surface area contributed by atoms with E-state index in [1.54, 1.807) is 13.8 Å². The molecule has 0 saturated heterocycles. The summed E-state index contributed by atoms with van der Waals surface area (Å²) in [5.41, 5.74) is 8.21. The van der Waals surface area contributed by atoms with Crippen molar-refractivity contribution >= 4 is 11.7 Å². The van der Waals surface area contributed by atoms with Gasteiger partial charge in [0, 0.05) is 11.6 Å². The minimum absolute atomic E-state index is 0.0289. The number of hydrogen-bond donors (Lipinski definition) is 2. The molecular weight excluding hydrogens is 202 g/mol. The third-order valence-electron chi connectivity index (χ3n) is 3.70. The molecule has 1 aliphatic carbocycles. The summed E-state index contributed by atoms with van der Waals surface area (Å²) in [6.45, 7) is 3.56. The monoisotopic (exact) mass is 219 g/mol. The number of carboxylic acids is 1. The molecule has 1 aromatic carbocycles. The Kier molecular flexibility index (Phi) is 2.41. The normalized spacial score (nSPS) is 19.5. The number of hydrogen-bond acceptors (Lipinski definition) is 2. The van der Waals surface area contributed by atoms with Crippen molar-refractivity contribution < 1.29 is 9.90 Å². The average Bonchev–Trinajstić information content (AvgIpc) is 2.63. The lowest BCUT2D eigenvalue weighted by Gasteiger charge is -2.28. The third kappa shape index (κ3) is 1.47. The van der Waals surface area contributed by atoms with Gasteiger partial charge >= 0.3 is 5.97 Å². The first-order valence-corrected chi connectivity index (χ1v) is 5.55. The first kappa shape index (κ1) is 11.0. The van der Waals surface area contributed by atoms with Gasteiger partial charge in [-0.2, -0.15) is 0 Å². The van der Waals surface area contributed by atoms with Crippen LogP contribution in [0, 0.1) is 5.41 Å². The predicted molar refractivity (Wildman–Crippen MR) is 63.3 cm³/mol. The SMILES string of the molecule is CC(C)(C(=O)O)C1CCc2cccc(N)c21. The Morgan fingerprint density at radius 1 is 1.50 bits per heavy atom. The number of anilines is 1. The molecule has 0 heterocycles. The van der Waals surface area contributed by atoms with Gasteiger partial charge in [0.2, 0.25) is 0 Å². The summed E-state index contributed by atoms with van der Waals surface area (Å²) in [4.78, 5) is 11.3. The molecule has 0 aliphatic heterocycles. The van der Waals surface area contributed by atoms with E-state index in [1.165, 1.54) is 5.56 Å². The van der Waals surface area contributed by atoms with Crippen molar-refractivity contribution in [3.05, 3.63) is 29.3 Å². The van der Waals surface area contributed by atoms with E-state index in [4.69, 9.17) is 5.73 Å². The standard InChI is InChI=1S/C13H17NO2/c1-13(2,12(15)16)9-7-6-8-4-3-5-10(14)11(8)9/h3-5,9H,6-7,14H2,1-2H3,(H,15,16). The van der Waals surface area contributed by atoms with Crippen molar-refractivity contribution in [1.29, 1.82) is 0 Å². The molecule has 3 heteroatoms. The van der Waals surface area contributed by atoms with E-state index < -0.39 is 11.4 Å². The maximum Gasteiger partial charge on any atom is 0.309 e. The van der Waals surface area contributed by atoms with Crippen LogP contribution in [0.4, 0.5) is 5.69 Å². The summed E-state index contributed by atoms with van der Waals surface area (Å²) in [5.74, 6) is -0.727. The summed E-state index contributed by atoms with van der Waals surface area (Å²) in [6.07, 6.45) is 1.81. The molecule has 3 nitrogen and oxygen atoms in total. The van der Waals surface area contributed by atoms with E-state index in [0.29, 0.717) is 0 Å². The maximum absolute atomic E-state index is 11.3. The largest absolute Gasteiger partial charge is 0.481 e. The Labute approximate surface area is 95.3 Å². The summed E-state index contributed by atoms with van der Waals surface area (Å²) >= 11 is 0. The van der Waals surface area contributed by atoms with Gasteiger partial charge in [0.1, 0.15) is 0 Å². The lowest BCUT2D eigenvalue weighted by molar-refractivity contribution is -0.148. The molecule has 1 aromatic rings. The summed E-state index contributed by atoms with van der Waals surface area (Å²) < 4.78 is 0. The van der Waals surface area contributed by atoms with Crippen LogP contribution in [0.5, 0.6) is 0 Å². The molecule has 0 spiro atoms. The number of rotatable bonds is 2. The number of fused-ring (bicyclic) bond motifs is 1. The number of carboxylic acid groups (broad SMARTS) is 1. The zero-order chi connectivity index (χ0) is 11.9. The number of aliphatic carboxylic acids is 1. The van der Waals surface area contributed by atoms with Crippen LogP contribution in [-0.4, -0.2) is 11.1 Å². The summed E-state index contributed by atoms with van der Waals surface area (Å²) in [7, 11) is 0. The second-order valence-corrected chi connectivity index (χ2v) is 5.04. The molecule has 0 saturated carbocycles. The van der Waals surface area contributed by atoms with E-state index in [1.807, 2.05) is 18.2 Å². The summed E-state index contributed by atoms with van der Waals surface area (Å²) in [5, 5.41) is 9.28. The minimum Gasteiger partial charge on any atom is -0.481 e. The first-order valence-electron chi connectivity index (χ1n) is 5.55. The highest BCUT2D eigenvalue weighted by Crippen LogP contribution is 2.47. The van der Waals surface area contributed by atoms with Crippen LogP contribution in [0.1, 0.15) is 37.3 Å². The highest BCUT2D eigenvalue weighted by atomic mass is 16.4. The quantitative estimate of drug-likeness (QED) is 0.751. The molecule has 3 N–H and O–H groups in total. The highest BCUT2D eigenvalue weighted by molar-refractivity contribution is 5.76. The Hall–Kier alpha value is -1.51. The Morgan fingerprint density at radius 3 is 2.81 bits per heavy atom. The number of nitrogen functional groups attached to an aromatic ring is 1. The molecular formula is C13H17NO2. The van der Waals surface area contributed by atoms with E-state index in [-0.39, 0.29) is 5.92 Å². The second kappa shape index (κ2) is 3.51. The molecule has 16 heavy (non-hydrogen) atoms. The molecule has 2 rings (SSSR count). The third-order valence-corrected chi connectivity index (χ3v) is 3.70. The molecule has 1 aliphatic rings. The maximum atomic E-state index is 11.3. The average molecular weight is 219 g/mol. The smallest absolute Gasteiger partial charge is 0.309 e.